The summed E-state index contributed by atoms with van der Waals surface area (Å²) < 4.78 is 5.60. The molecule has 3 N–H and O–H groups in total. The summed E-state index contributed by atoms with van der Waals surface area (Å²) in [5.41, 5.74) is -1.02. The topological polar surface area (TPSA) is 121 Å². The third-order valence-electron chi connectivity index (χ3n) is 13.5. The Morgan fingerprint density at radius 2 is 1.62 bits per heavy atom. The molecule has 5 aliphatic rings. The van der Waals surface area contributed by atoms with Crippen molar-refractivity contribution in [3.05, 3.63) is 11.6 Å². The number of ketones is 1. The van der Waals surface area contributed by atoms with Crippen molar-refractivity contribution in [1.29, 1.82) is 0 Å². The Morgan fingerprint density at radius 3 is 2.26 bits per heavy atom. The van der Waals surface area contributed by atoms with E-state index in [1.807, 2.05) is 19.9 Å². The van der Waals surface area contributed by atoms with Crippen molar-refractivity contribution >= 4 is 17.7 Å². The van der Waals surface area contributed by atoms with E-state index in [1.165, 1.54) is 5.57 Å². The molecule has 39 heavy (non-hydrogen) atoms. The number of ether oxygens (including phenoxy) is 1. The van der Waals surface area contributed by atoms with E-state index < -0.39 is 35.5 Å². The Bertz CT molecular complexity index is 1110. The van der Waals surface area contributed by atoms with Gasteiger partial charge in [-0.15, -0.1) is 0 Å². The zero-order chi connectivity index (χ0) is 28.8. The molecule has 7 heteroatoms. The number of aliphatic hydroxyl groups excluding tert-OH is 1. The number of aliphatic carboxylic acids is 2. The molecule has 7 nitrogen and oxygen atoms in total. The van der Waals surface area contributed by atoms with Crippen molar-refractivity contribution in [2.45, 2.75) is 105 Å². The molecular formula is C32H48O7. The van der Waals surface area contributed by atoms with Crippen LogP contribution < -0.4 is 0 Å². The van der Waals surface area contributed by atoms with Crippen LogP contribution in [-0.2, 0) is 19.1 Å². The molecule has 4 fully saturated rings. The molecule has 0 bridgehead atoms. The lowest BCUT2D eigenvalue weighted by Gasteiger charge is -2.70. The monoisotopic (exact) mass is 544 g/mol. The van der Waals surface area contributed by atoms with Crippen LogP contribution in [0.3, 0.4) is 0 Å². The number of aliphatic hydroxyl groups is 1. The smallest absolute Gasteiger partial charge is 0.329 e. The van der Waals surface area contributed by atoms with Crippen molar-refractivity contribution < 1.29 is 34.4 Å². The fourth-order valence-electron chi connectivity index (χ4n) is 10.7. The highest BCUT2D eigenvalue weighted by Gasteiger charge is 2.70. The largest absolute Gasteiger partial charge is 0.481 e. The Labute approximate surface area is 232 Å². The summed E-state index contributed by atoms with van der Waals surface area (Å²) in [6.45, 7) is 12.9. The van der Waals surface area contributed by atoms with E-state index in [0.29, 0.717) is 19.3 Å². The van der Waals surface area contributed by atoms with Crippen LogP contribution in [0.15, 0.2) is 11.6 Å². The lowest BCUT2D eigenvalue weighted by molar-refractivity contribution is -0.216. The van der Waals surface area contributed by atoms with Gasteiger partial charge in [0.05, 0.1) is 18.1 Å². The van der Waals surface area contributed by atoms with Gasteiger partial charge in [-0.2, -0.15) is 0 Å². The van der Waals surface area contributed by atoms with Gasteiger partial charge in [0.2, 0.25) is 0 Å². The average molecular weight is 545 g/mol. The molecule has 0 amide bonds. The molecule has 5 aliphatic carbocycles. The fourth-order valence-corrected chi connectivity index (χ4v) is 10.7. The van der Waals surface area contributed by atoms with Gasteiger partial charge < -0.3 is 20.1 Å². The summed E-state index contributed by atoms with van der Waals surface area (Å²) in [6, 6.07) is 0. The Balaban J connectivity index is 1.56. The Kier molecular flexibility index (Phi) is 6.56. The number of carboxylic acids is 2. The first-order valence-electron chi connectivity index (χ1n) is 14.9. The number of allylic oxidation sites excluding steroid dienone is 2. The van der Waals surface area contributed by atoms with Gasteiger partial charge in [0, 0.05) is 11.3 Å². The summed E-state index contributed by atoms with van der Waals surface area (Å²) in [7, 11) is 0. The highest BCUT2D eigenvalue weighted by Crippen LogP contribution is 2.75. The first kappa shape index (κ1) is 28.8. The zero-order valence-electron chi connectivity index (χ0n) is 24.6. The lowest BCUT2D eigenvalue weighted by atomic mass is 9.33. The van der Waals surface area contributed by atoms with Crippen molar-refractivity contribution in [2.75, 3.05) is 13.2 Å². The number of carboxylic acid groups (broad SMARTS) is 2. The first-order chi connectivity index (χ1) is 18.0. The van der Waals surface area contributed by atoms with Crippen LogP contribution in [0.2, 0.25) is 0 Å². The predicted molar refractivity (Wildman–Crippen MR) is 146 cm³/mol. The van der Waals surface area contributed by atoms with Gasteiger partial charge in [-0.3, -0.25) is 9.59 Å². The fraction of sp³-hybridized carbons (Fsp3) is 0.844. The number of hydrogen-bond donors (Lipinski definition) is 3. The van der Waals surface area contributed by atoms with Crippen LogP contribution in [0, 0.1) is 50.2 Å². The lowest BCUT2D eigenvalue weighted by Crippen LogP contribution is -2.67. The van der Waals surface area contributed by atoms with Gasteiger partial charge in [-0.25, -0.2) is 4.79 Å². The van der Waals surface area contributed by atoms with Crippen LogP contribution in [0.4, 0.5) is 0 Å². The number of fused-ring (bicyclic) bond motifs is 7. The van der Waals surface area contributed by atoms with E-state index in [9.17, 15) is 24.6 Å². The highest BCUT2D eigenvalue weighted by atomic mass is 16.5. The maximum absolute atomic E-state index is 14.4. The third-order valence-corrected chi connectivity index (χ3v) is 13.5. The van der Waals surface area contributed by atoms with Gasteiger partial charge in [0.25, 0.3) is 0 Å². The summed E-state index contributed by atoms with van der Waals surface area (Å²) in [5, 5.41) is 30.4. The normalized spacial score (nSPS) is 51.1. The van der Waals surface area contributed by atoms with Crippen molar-refractivity contribution in [3.8, 4) is 0 Å². The summed E-state index contributed by atoms with van der Waals surface area (Å²) >= 11 is 0. The van der Waals surface area contributed by atoms with Gasteiger partial charge >= 0.3 is 11.9 Å². The number of carbonyl (C=O) groups excluding carboxylic acids is 1. The number of carbonyl (C=O) groups is 3. The molecular weight excluding hydrogens is 496 g/mol. The predicted octanol–water partition coefficient (Wildman–Crippen LogP) is 5.49. The van der Waals surface area contributed by atoms with E-state index >= 15 is 0 Å². The molecule has 0 saturated heterocycles. The molecule has 0 spiro atoms. The van der Waals surface area contributed by atoms with Gasteiger partial charge in [-0.1, -0.05) is 40.2 Å². The maximum atomic E-state index is 14.4. The minimum absolute atomic E-state index is 0.0138. The van der Waals surface area contributed by atoms with Crippen LogP contribution in [0.5, 0.6) is 0 Å². The Morgan fingerprint density at radius 1 is 0.949 bits per heavy atom. The molecule has 10 atom stereocenters. The summed E-state index contributed by atoms with van der Waals surface area (Å²) in [5.74, 6) is -1.69. The molecule has 0 aliphatic heterocycles. The molecule has 0 aromatic heterocycles. The second-order valence-corrected chi connectivity index (χ2v) is 15.5. The van der Waals surface area contributed by atoms with Crippen molar-refractivity contribution in [2.24, 2.45) is 50.2 Å². The molecule has 5 rings (SSSR count). The van der Waals surface area contributed by atoms with Crippen molar-refractivity contribution in [3.63, 3.8) is 0 Å². The molecule has 1 unspecified atom stereocenters. The molecule has 0 heterocycles. The van der Waals surface area contributed by atoms with E-state index in [4.69, 9.17) is 9.84 Å². The SMILES string of the molecule is C[C@]1(C(=O)O)CC[C@]2(C)CC[C@]3(C)C(=CC(=O)[C@@H]4[C@@]5(C)CC[C@H](O)[C@@](C)(COCC(=O)O)C5CC[C@]43C)[C@@H]2C1. The molecule has 4 saturated carbocycles. The molecule has 0 radical (unpaired) electrons. The zero-order valence-corrected chi connectivity index (χ0v) is 24.6. The first-order valence-corrected chi connectivity index (χ1v) is 14.9. The number of rotatable bonds is 5. The van der Waals surface area contributed by atoms with Crippen LogP contribution in [0.25, 0.3) is 0 Å². The van der Waals surface area contributed by atoms with E-state index in [1.54, 1.807) is 0 Å². The Hall–Kier alpha value is -1.73. The van der Waals surface area contributed by atoms with E-state index in [2.05, 4.69) is 27.7 Å². The minimum atomic E-state index is -1.03. The third kappa shape index (κ3) is 3.84. The van der Waals surface area contributed by atoms with Crippen molar-refractivity contribution in [1.82, 2.24) is 0 Å². The van der Waals surface area contributed by atoms with Gasteiger partial charge in [0.1, 0.15) is 6.61 Å². The summed E-state index contributed by atoms with van der Waals surface area (Å²) in [6.07, 6.45) is 8.50. The molecule has 218 valence electrons. The van der Waals surface area contributed by atoms with Gasteiger partial charge in [0.15, 0.2) is 5.78 Å². The maximum Gasteiger partial charge on any atom is 0.329 e. The van der Waals surface area contributed by atoms with Crippen LogP contribution in [0.1, 0.15) is 99.3 Å². The molecule has 0 aromatic carbocycles. The van der Waals surface area contributed by atoms with Gasteiger partial charge in [-0.05, 0) is 104 Å². The van der Waals surface area contributed by atoms with E-state index in [0.717, 1.165) is 38.5 Å². The summed E-state index contributed by atoms with van der Waals surface area (Å²) in [4.78, 5) is 37.8. The quantitative estimate of drug-likeness (QED) is 0.418. The van der Waals surface area contributed by atoms with Crippen LogP contribution in [-0.4, -0.2) is 52.4 Å². The van der Waals surface area contributed by atoms with Crippen LogP contribution >= 0.6 is 0 Å². The minimum Gasteiger partial charge on any atom is -0.481 e. The number of hydrogen-bond acceptors (Lipinski definition) is 5. The highest BCUT2D eigenvalue weighted by molar-refractivity contribution is 5.95. The molecule has 0 aromatic rings. The second kappa shape index (κ2) is 8.88. The van der Waals surface area contributed by atoms with E-state index in [-0.39, 0.29) is 51.8 Å². The standard InChI is InChI=1S/C32H48O7/c1-27-11-12-28(2,26(37)38)16-20(27)19-15-21(33)25-29(3)9-8-23(34)30(4,18-39-17-24(35)36)22(29)7-10-32(25,6)31(19,5)14-13-27/h15,20,22-23,25,34H,7-14,16-18H2,1-6H3,(H,35,36)(H,37,38)/t20-,22?,23-,25+,27+,28-,29-,30-,31+,32+/m0/s1. The average Bonchev–Trinajstić information content (AvgIpc) is 2.84. The second-order valence-electron chi connectivity index (χ2n) is 15.5.